The van der Waals surface area contributed by atoms with Crippen molar-refractivity contribution in [3.8, 4) is 11.6 Å². The van der Waals surface area contributed by atoms with Crippen LogP contribution in [0, 0.1) is 10.1 Å². The van der Waals surface area contributed by atoms with Crippen molar-refractivity contribution in [2.45, 2.75) is 4.34 Å². The minimum Gasteiger partial charge on any atom is -0.430 e. The monoisotopic (exact) mass is 354 g/mol. The Kier molecular flexibility index (Phi) is 4.10. The maximum absolute atomic E-state index is 11.1. The van der Waals surface area contributed by atoms with E-state index in [9.17, 15) is 10.1 Å². The van der Waals surface area contributed by atoms with Gasteiger partial charge in [-0.05, 0) is 18.4 Å². The van der Waals surface area contributed by atoms with Crippen molar-refractivity contribution in [1.29, 1.82) is 0 Å². The van der Waals surface area contributed by atoms with E-state index in [-0.39, 0.29) is 22.3 Å². The summed E-state index contributed by atoms with van der Waals surface area (Å²) in [6, 6.07) is 4.18. The van der Waals surface area contributed by atoms with E-state index in [1.54, 1.807) is 0 Å². The van der Waals surface area contributed by atoms with E-state index < -0.39 is 4.92 Å². The quantitative estimate of drug-likeness (QED) is 0.394. The van der Waals surface area contributed by atoms with Crippen molar-refractivity contribution < 1.29 is 9.66 Å². The second-order valence-corrected chi connectivity index (χ2v) is 6.48. The van der Waals surface area contributed by atoms with Crippen LogP contribution in [-0.4, -0.2) is 26.1 Å². The lowest BCUT2D eigenvalue weighted by Crippen LogP contribution is -1.95. The molecule has 0 aliphatic heterocycles. The van der Waals surface area contributed by atoms with Gasteiger partial charge in [0.25, 0.3) is 0 Å². The summed E-state index contributed by atoms with van der Waals surface area (Å²) < 4.78 is 7.05. The first-order valence-electron chi connectivity index (χ1n) is 5.86. The van der Waals surface area contributed by atoms with Gasteiger partial charge in [-0.1, -0.05) is 23.4 Å². The van der Waals surface area contributed by atoms with Crippen LogP contribution in [-0.2, 0) is 0 Å². The fraction of sp³-hybridized carbons (Fsp3) is 0.0833. The highest BCUT2D eigenvalue weighted by Crippen LogP contribution is 2.37. The molecule has 2 heterocycles. The Morgan fingerprint density at radius 2 is 2.23 bits per heavy atom. The molecule has 0 radical (unpaired) electrons. The van der Waals surface area contributed by atoms with Gasteiger partial charge in [-0.3, -0.25) is 10.1 Å². The van der Waals surface area contributed by atoms with Gasteiger partial charge in [0.2, 0.25) is 11.6 Å². The van der Waals surface area contributed by atoms with Crippen LogP contribution in [0.25, 0.3) is 10.3 Å². The molecule has 0 unspecified atom stereocenters. The third-order valence-corrected chi connectivity index (χ3v) is 4.89. The van der Waals surface area contributed by atoms with Crippen LogP contribution in [0.5, 0.6) is 11.6 Å². The highest BCUT2D eigenvalue weighted by atomic mass is 35.5. The molecule has 0 N–H and O–H groups in total. The molecule has 1 aromatic carbocycles. The summed E-state index contributed by atoms with van der Waals surface area (Å²) in [6.45, 7) is 0. The summed E-state index contributed by atoms with van der Waals surface area (Å²) in [5.41, 5.74) is 0.268. The molecule has 2 aromatic heterocycles. The number of nitro groups is 1. The lowest BCUT2D eigenvalue weighted by Gasteiger charge is -2.05. The molecule has 0 atom stereocenters. The average Bonchev–Trinajstić information content (AvgIpc) is 2.93. The van der Waals surface area contributed by atoms with Gasteiger partial charge in [-0.15, -0.1) is 11.3 Å². The third kappa shape index (κ3) is 2.82. The molecule has 0 spiro atoms. The molecule has 112 valence electrons. The molecule has 22 heavy (non-hydrogen) atoms. The van der Waals surface area contributed by atoms with E-state index in [1.165, 1.54) is 47.6 Å². The summed E-state index contributed by atoms with van der Waals surface area (Å²) in [4.78, 5) is 23.0. The van der Waals surface area contributed by atoms with Crippen LogP contribution >= 0.6 is 34.7 Å². The first-order valence-corrected chi connectivity index (χ1v) is 8.27. The third-order valence-electron chi connectivity index (χ3n) is 2.64. The second kappa shape index (κ2) is 6.03. The Balaban J connectivity index is 2.07. The highest BCUT2D eigenvalue weighted by molar-refractivity contribution is 8.00. The Morgan fingerprint density at radius 3 is 2.95 bits per heavy atom. The number of benzene rings is 1. The van der Waals surface area contributed by atoms with E-state index in [2.05, 4.69) is 15.0 Å². The first kappa shape index (κ1) is 14.9. The lowest BCUT2D eigenvalue weighted by molar-refractivity contribution is -0.385. The van der Waals surface area contributed by atoms with Crippen LogP contribution in [0.3, 0.4) is 0 Å². The SMILES string of the molecule is CSc1nc2ncnc(Oc3ccc(Cl)cc3[N+](=O)[O-])c2s1. The van der Waals surface area contributed by atoms with E-state index in [0.717, 1.165) is 4.34 Å². The van der Waals surface area contributed by atoms with E-state index in [0.29, 0.717) is 10.3 Å². The molecule has 0 saturated heterocycles. The van der Waals surface area contributed by atoms with E-state index in [4.69, 9.17) is 16.3 Å². The van der Waals surface area contributed by atoms with Gasteiger partial charge in [0.05, 0.1) is 4.92 Å². The fourth-order valence-electron chi connectivity index (χ4n) is 1.70. The van der Waals surface area contributed by atoms with Gasteiger partial charge in [0, 0.05) is 11.1 Å². The number of halogens is 1. The zero-order valence-electron chi connectivity index (χ0n) is 11.0. The molecule has 10 heteroatoms. The van der Waals surface area contributed by atoms with Gasteiger partial charge in [-0.25, -0.2) is 15.0 Å². The first-order chi connectivity index (χ1) is 10.6. The van der Waals surface area contributed by atoms with Crippen LogP contribution in [0.1, 0.15) is 0 Å². The molecule has 0 aliphatic carbocycles. The smallest absolute Gasteiger partial charge is 0.313 e. The fourth-order valence-corrected chi connectivity index (χ4v) is 3.30. The number of aromatic nitrogens is 3. The summed E-state index contributed by atoms with van der Waals surface area (Å²) in [5.74, 6) is 0.293. The van der Waals surface area contributed by atoms with Crippen molar-refractivity contribution in [3.63, 3.8) is 0 Å². The number of thioether (sulfide) groups is 1. The number of hydrogen-bond donors (Lipinski definition) is 0. The second-order valence-electron chi connectivity index (χ2n) is 3.99. The number of thiazole rings is 1. The Morgan fingerprint density at radius 1 is 1.41 bits per heavy atom. The summed E-state index contributed by atoms with van der Waals surface area (Å²) in [5, 5.41) is 11.4. The predicted molar refractivity (Wildman–Crippen MR) is 85.2 cm³/mol. The Labute approximate surface area is 137 Å². The summed E-state index contributed by atoms with van der Waals surface area (Å²) in [6.07, 6.45) is 3.21. The minimum atomic E-state index is -0.556. The molecule has 3 rings (SSSR count). The molecule has 0 saturated carbocycles. The predicted octanol–water partition coefficient (Wildman–Crippen LogP) is 4.16. The normalized spacial score (nSPS) is 10.8. The molecule has 0 bridgehead atoms. The van der Waals surface area contributed by atoms with Crippen molar-refractivity contribution in [2.75, 3.05) is 6.26 Å². The molecule has 7 nitrogen and oxygen atoms in total. The minimum absolute atomic E-state index is 0.0634. The molecule has 0 aliphatic rings. The standard InChI is InChI=1S/C12H7ClN4O3S2/c1-21-12-16-10-9(22-12)11(15-5-14-10)20-8-3-2-6(13)4-7(8)17(18)19/h2-5H,1H3. The summed E-state index contributed by atoms with van der Waals surface area (Å²) >= 11 is 8.63. The van der Waals surface area contributed by atoms with Crippen LogP contribution in [0.15, 0.2) is 28.9 Å². The van der Waals surface area contributed by atoms with E-state index in [1.807, 2.05) is 6.26 Å². The van der Waals surface area contributed by atoms with Gasteiger partial charge in [0.1, 0.15) is 11.0 Å². The van der Waals surface area contributed by atoms with Crippen molar-refractivity contribution in [2.24, 2.45) is 0 Å². The zero-order valence-corrected chi connectivity index (χ0v) is 13.4. The van der Waals surface area contributed by atoms with Gasteiger partial charge in [0.15, 0.2) is 9.99 Å². The Bertz CT molecular complexity index is 871. The van der Waals surface area contributed by atoms with Gasteiger partial charge >= 0.3 is 5.69 Å². The molecule has 0 amide bonds. The maximum Gasteiger partial charge on any atom is 0.313 e. The number of nitro benzene ring substituents is 1. The number of hydrogen-bond acceptors (Lipinski definition) is 8. The summed E-state index contributed by atoms with van der Waals surface area (Å²) in [7, 11) is 0. The van der Waals surface area contributed by atoms with Gasteiger partial charge in [-0.2, -0.15) is 0 Å². The highest BCUT2D eigenvalue weighted by Gasteiger charge is 2.19. The number of ether oxygens (including phenoxy) is 1. The molecule has 0 fully saturated rings. The molecular weight excluding hydrogens is 348 g/mol. The van der Waals surface area contributed by atoms with Gasteiger partial charge < -0.3 is 4.74 Å². The van der Waals surface area contributed by atoms with Crippen LogP contribution in [0.4, 0.5) is 5.69 Å². The topological polar surface area (TPSA) is 91.0 Å². The van der Waals surface area contributed by atoms with Crippen molar-refractivity contribution >= 4 is 50.7 Å². The Hall–Kier alpha value is -1.97. The van der Waals surface area contributed by atoms with Crippen LogP contribution in [0.2, 0.25) is 5.02 Å². The zero-order chi connectivity index (χ0) is 15.7. The molecule has 3 aromatic rings. The largest absolute Gasteiger partial charge is 0.430 e. The average molecular weight is 355 g/mol. The van der Waals surface area contributed by atoms with Crippen molar-refractivity contribution in [1.82, 2.24) is 15.0 Å². The van der Waals surface area contributed by atoms with Crippen molar-refractivity contribution in [3.05, 3.63) is 39.7 Å². The maximum atomic E-state index is 11.1. The molecular formula is C12H7ClN4O3S2. The number of fused-ring (bicyclic) bond motifs is 1. The number of rotatable bonds is 4. The number of nitrogens with zero attached hydrogens (tertiary/aromatic N) is 4. The van der Waals surface area contributed by atoms with E-state index >= 15 is 0 Å². The lowest BCUT2D eigenvalue weighted by atomic mass is 10.3. The van der Waals surface area contributed by atoms with Crippen LogP contribution < -0.4 is 4.74 Å².